The Morgan fingerprint density at radius 3 is 2.65 bits per heavy atom. The van der Waals surface area contributed by atoms with Crippen LogP contribution >= 0.6 is 0 Å². The number of hydrogen-bond acceptors (Lipinski definition) is 6. The Bertz CT molecular complexity index is 430. The molecule has 0 bridgehead atoms. The van der Waals surface area contributed by atoms with E-state index in [0.29, 0.717) is 19.3 Å². The zero-order chi connectivity index (χ0) is 14.4. The lowest BCUT2D eigenvalue weighted by atomic mass is 10.2. The van der Waals surface area contributed by atoms with E-state index in [2.05, 4.69) is 0 Å². The number of fused-ring (bicyclic) bond motifs is 1. The van der Waals surface area contributed by atoms with E-state index in [1.165, 1.54) is 0 Å². The van der Waals surface area contributed by atoms with Crippen LogP contribution in [0.2, 0.25) is 6.04 Å². The smallest absolute Gasteiger partial charge is 0.517 e. The summed E-state index contributed by atoms with van der Waals surface area (Å²) in [6.07, 6.45) is 0. The van der Waals surface area contributed by atoms with Gasteiger partial charge in [0.1, 0.15) is 11.5 Å². The molecule has 1 aliphatic rings. The Labute approximate surface area is 122 Å². The highest BCUT2D eigenvalue weighted by molar-refractivity contribution is 6.60. The first-order valence-electron chi connectivity index (χ1n) is 6.18. The molecule has 2 rings (SSSR count). The molecule has 0 amide bonds. The van der Waals surface area contributed by atoms with Crippen LogP contribution in [0.1, 0.15) is 5.56 Å². The van der Waals surface area contributed by atoms with Gasteiger partial charge in [0.05, 0.1) is 19.3 Å². The average Bonchev–Trinajstić information content (AvgIpc) is 2.52. The molecule has 0 fully saturated rings. The Morgan fingerprint density at radius 2 is 1.95 bits per heavy atom. The van der Waals surface area contributed by atoms with Crippen molar-refractivity contribution in [3.05, 3.63) is 23.8 Å². The summed E-state index contributed by atoms with van der Waals surface area (Å²) in [5, 5.41) is 0. The van der Waals surface area contributed by atoms with Crippen molar-refractivity contribution in [2.24, 2.45) is 0 Å². The topological polar surface area (TPSA) is 55.4 Å². The summed E-state index contributed by atoms with van der Waals surface area (Å²) >= 11 is 0. The molecule has 2 radical (unpaired) electrons. The van der Waals surface area contributed by atoms with Crippen molar-refractivity contribution >= 4 is 18.8 Å². The Morgan fingerprint density at radius 1 is 1.20 bits per heavy atom. The number of benzene rings is 1. The van der Waals surface area contributed by atoms with Gasteiger partial charge in [-0.05, 0) is 18.2 Å². The van der Waals surface area contributed by atoms with Crippen LogP contribution in [0, 0.1) is 0 Å². The molecule has 1 heterocycles. The van der Waals surface area contributed by atoms with Crippen molar-refractivity contribution < 1.29 is 26.9 Å². The van der Waals surface area contributed by atoms with Gasteiger partial charge < -0.3 is 26.9 Å². The molecule has 0 saturated carbocycles. The predicted molar refractivity (Wildman–Crippen MR) is 74.7 cm³/mol. The molecule has 6 nitrogen and oxygen atoms in total. The highest BCUT2D eigenvalue weighted by Gasteiger charge is 2.37. The summed E-state index contributed by atoms with van der Waals surface area (Å²) in [4.78, 5) is 0. The van der Waals surface area contributed by atoms with Gasteiger partial charge in [0.25, 0.3) is 0 Å². The van der Waals surface area contributed by atoms with E-state index in [-0.39, 0.29) is 10.0 Å². The van der Waals surface area contributed by atoms with Gasteiger partial charge in [-0.15, -0.1) is 0 Å². The van der Waals surface area contributed by atoms with Crippen molar-refractivity contribution in [2.75, 3.05) is 27.9 Å². The fraction of sp³-hybridized carbons (Fsp3) is 0.500. The molecule has 1 aromatic rings. The van der Waals surface area contributed by atoms with Crippen molar-refractivity contribution in [1.29, 1.82) is 0 Å². The Kier molecular flexibility index (Phi) is 5.58. The molecule has 1 aliphatic heterocycles. The molecular weight excluding hydrogens is 296 g/mol. The summed E-state index contributed by atoms with van der Waals surface area (Å²) in [7, 11) is 2.27. The summed E-state index contributed by atoms with van der Waals surface area (Å²) in [5.41, 5.74) is 0.995. The zero-order valence-electron chi connectivity index (χ0n) is 11.8. The largest absolute Gasteiger partial charge is 0.521 e. The monoisotopic (exact) mass is 314 g/mol. The van der Waals surface area contributed by atoms with E-state index < -0.39 is 8.80 Å². The van der Waals surface area contributed by atoms with E-state index >= 15 is 0 Å². The molecule has 110 valence electrons. The number of ether oxygens (including phenoxy) is 1. The van der Waals surface area contributed by atoms with Crippen LogP contribution in [0.4, 0.5) is 0 Å². The van der Waals surface area contributed by atoms with E-state index in [1.807, 2.05) is 18.2 Å². The van der Waals surface area contributed by atoms with Crippen LogP contribution in [0.15, 0.2) is 18.2 Å². The van der Waals surface area contributed by atoms with E-state index in [1.54, 1.807) is 21.3 Å². The van der Waals surface area contributed by atoms with E-state index in [0.717, 1.165) is 17.1 Å². The maximum absolute atomic E-state index is 5.72. The maximum Gasteiger partial charge on any atom is 0.521 e. The van der Waals surface area contributed by atoms with Gasteiger partial charge in [-0.3, -0.25) is 0 Å². The number of hydrogen-bond donors (Lipinski definition) is 0. The first kappa shape index (κ1) is 15.5. The molecule has 0 aliphatic carbocycles. The second-order valence-electron chi connectivity index (χ2n) is 4.14. The minimum absolute atomic E-state index is 0.0736. The van der Waals surface area contributed by atoms with Crippen LogP contribution in [0.5, 0.6) is 11.5 Å². The molecule has 0 spiro atoms. The standard InChI is InChI=1S/C12H18O6Si2/c1-13-20(14-2,15-3)7-6-16-11-4-5-12-10(8-11)9-17-19-18-12/h4-5,8H,6-7,9H2,1-3H3. The Hall–Kier alpha value is -0.906. The molecule has 0 N–H and O–H groups in total. The summed E-state index contributed by atoms with van der Waals surface area (Å²) in [6.45, 7) is 1.02. The SMILES string of the molecule is CO[Si](CCOc1ccc2c(c1)CO[Si]O2)(OC)OC. The zero-order valence-corrected chi connectivity index (χ0v) is 13.8. The van der Waals surface area contributed by atoms with Crippen LogP contribution in [0.25, 0.3) is 0 Å². The van der Waals surface area contributed by atoms with Crippen molar-refractivity contribution in [3.63, 3.8) is 0 Å². The Balaban J connectivity index is 1.91. The molecule has 0 unspecified atom stereocenters. The molecule has 20 heavy (non-hydrogen) atoms. The normalized spacial score (nSPS) is 14.6. The van der Waals surface area contributed by atoms with Crippen molar-refractivity contribution in [1.82, 2.24) is 0 Å². The first-order valence-corrected chi connectivity index (χ1v) is 8.92. The lowest BCUT2D eigenvalue weighted by Crippen LogP contribution is -2.44. The van der Waals surface area contributed by atoms with Crippen LogP contribution in [0.3, 0.4) is 0 Å². The van der Waals surface area contributed by atoms with Crippen LogP contribution < -0.4 is 9.16 Å². The summed E-state index contributed by atoms with van der Waals surface area (Å²) in [5.74, 6) is 1.63. The van der Waals surface area contributed by atoms with Gasteiger partial charge in [0.15, 0.2) is 0 Å². The van der Waals surface area contributed by atoms with Gasteiger partial charge in [-0.25, -0.2) is 0 Å². The summed E-state index contributed by atoms with van der Waals surface area (Å²) in [6, 6.07) is 6.29. The highest BCUT2D eigenvalue weighted by Crippen LogP contribution is 2.27. The van der Waals surface area contributed by atoms with Gasteiger partial charge in [0.2, 0.25) is 0 Å². The third-order valence-electron chi connectivity index (χ3n) is 3.08. The molecule has 0 atom stereocenters. The quantitative estimate of drug-likeness (QED) is 0.709. The van der Waals surface area contributed by atoms with Gasteiger partial charge in [-0.1, -0.05) is 0 Å². The molecular formula is C12H18O6Si2. The number of rotatable bonds is 7. The van der Waals surface area contributed by atoms with E-state index in [4.69, 9.17) is 26.9 Å². The third kappa shape index (κ3) is 3.59. The first-order chi connectivity index (χ1) is 9.73. The van der Waals surface area contributed by atoms with E-state index in [9.17, 15) is 0 Å². The second-order valence-corrected chi connectivity index (χ2v) is 7.89. The minimum Gasteiger partial charge on any atom is -0.517 e. The van der Waals surface area contributed by atoms with Crippen LogP contribution in [-0.2, 0) is 24.3 Å². The fourth-order valence-electron chi connectivity index (χ4n) is 1.89. The summed E-state index contributed by atoms with van der Waals surface area (Å²) < 4.78 is 32.4. The van der Waals surface area contributed by atoms with Gasteiger partial charge in [-0.2, -0.15) is 0 Å². The minimum atomic E-state index is -2.57. The lowest BCUT2D eigenvalue weighted by molar-refractivity contribution is 0.117. The highest BCUT2D eigenvalue weighted by atomic mass is 28.4. The van der Waals surface area contributed by atoms with Gasteiger partial charge in [0, 0.05) is 26.9 Å². The fourth-order valence-corrected chi connectivity index (χ4v) is 3.92. The average molecular weight is 314 g/mol. The van der Waals surface area contributed by atoms with Gasteiger partial charge >= 0.3 is 18.8 Å². The molecule has 0 saturated heterocycles. The molecule has 8 heteroatoms. The molecule has 0 aromatic heterocycles. The second kappa shape index (κ2) is 7.20. The van der Waals surface area contributed by atoms with Crippen molar-refractivity contribution in [2.45, 2.75) is 12.7 Å². The predicted octanol–water partition coefficient (Wildman–Crippen LogP) is 1.39. The molecule has 1 aromatic carbocycles. The maximum atomic E-state index is 5.72. The third-order valence-corrected chi connectivity index (χ3v) is 6.33. The van der Waals surface area contributed by atoms with Crippen molar-refractivity contribution in [3.8, 4) is 11.5 Å². The van der Waals surface area contributed by atoms with Crippen LogP contribution in [-0.4, -0.2) is 46.7 Å². The lowest BCUT2D eigenvalue weighted by Gasteiger charge is -2.24.